The first kappa shape index (κ1) is 14.5. The van der Waals surface area contributed by atoms with E-state index in [2.05, 4.69) is 21.4 Å². The fraction of sp³-hybridized carbons (Fsp3) is 0. The second-order valence-electron chi connectivity index (χ2n) is 4.64. The zero-order chi connectivity index (χ0) is 15.7. The number of benzene rings is 2. The molecule has 1 aliphatic rings. The SMILES string of the molecule is O=C1NN(c2ccc(Br)cc2)C(=O)/C1=C/c1ccccc1F. The minimum atomic E-state index is -0.559. The van der Waals surface area contributed by atoms with E-state index >= 15 is 0 Å². The zero-order valence-corrected chi connectivity index (χ0v) is 12.8. The molecule has 1 saturated heterocycles. The molecule has 0 atom stereocenters. The number of nitrogens with one attached hydrogen (secondary N) is 1. The molecule has 2 aromatic rings. The maximum Gasteiger partial charge on any atom is 0.282 e. The van der Waals surface area contributed by atoms with Gasteiger partial charge in [-0.25, -0.2) is 9.40 Å². The van der Waals surface area contributed by atoms with Crippen LogP contribution in [0, 0.1) is 5.82 Å². The number of hydrogen-bond donors (Lipinski definition) is 1. The van der Waals surface area contributed by atoms with Crippen LogP contribution in [0.1, 0.15) is 5.56 Å². The van der Waals surface area contributed by atoms with Crippen molar-refractivity contribution in [3.8, 4) is 0 Å². The van der Waals surface area contributed by atoms with Crippen LogP contribution in [0.15, 0.2) is 58.6 Å². The van der Waals surface area contributed by atoms with Crippen molar-refractivity contribution in [1.82, 2.24) is 5.43 Å². The van der Waals surface area contributed by atoms with E-state index in [1.807, 2.05) is 0 Å². The molecule has 1 N–H and O–H groups in total. The van der Waals surface area contributed by atoms with Crippen molar-refractivity contribution >= 4 is 39.5 Å². The highest BCUT2D eigenvalue weighted by Gasteiger charge is 2.34. The number of halogens is 2. The summed E-state index contributed by atoms with van der Waals surface area (Å²) in [7, 11) is 0. The number of carbonyl (C=O) groups excluding carboxylic acids is 2. The van der Waals surface area contributed by atoms with Gasteiger partial charge < -0.3 is 0 Å². The van der Waals surface area contributed by atoms with Gasteiger partial charge >= 0.3 is 0 Å². The van der Waals surface area contributed by atoms with E-state index in [-0.39, 0.29) is 11.1 Å². The molecule has 1 fully saturated rings. The normalized spacial score (nSPS) is 16.3. The predicted octanol–water partition coefficient (Wildman–Crippen LogP) is 3.05. The van der Waals surface area contributed by atoms with Crippen molar-refractivity contribution < 1.29 is 14.0 Å². The molecule has 110 valence electrons. The Bertz CT molecular complexity index is 787. The lowest BCUT2D eigenvalue weighted by Gasteiger charge is -2.14. The summed E-state index contributed by atoms with van der Waals surface area (Å²) in [5, 5.41) is 1.14. The summed E-state index contributed by atoms with van der Waals surface area (Å²) >= 11 is 3.30. The minimum absolute atomic E-state index is 0.104. The van der Waals surface area contributed by atoms with Gasteiger partial charge in [-0.2, -0.15) is 0 Å². The van der Waals surface area contributed by atoms with E-state index in [1.165, 1.54) is 18.2 Å². The van der Waals surface area contributed by atoms with E-state index in [0.29, 0.717) is 5.69 Å². The Morgan fingerprint density at radius 3 is 2.41 bits per heavy atom. The molecule has 1 heterocycles. The van der Waals surface area contributed by atoms with Gasteiger partial charge in [0.15, 0.2) is 0 Å². The van der Waals surface area contributed by atoms with Gasteiger partial charge in [0.2, 0.25) is 0 Å². The number of carbonyl (C=O) groups is 2. The number of amides is 2. The summed E-state index contributed by atoms with van der Waals surface area (Å²) < 4.78 is 14.5. The number of nitrogens with zero attached hydrogens (tertiary/aromatic N) is 1. The number of hydrazine groups is 1. The summed E-state index contributed by atoms with van der Waals surface area (Å²) in [4.78, 5) is 24.3. The molecule has 0 unspecified atom stereocenters. The van der Waals surface area contributed by atoms with Crippen LogP contribution in [0.5, 0.6) is 0 Å². The summed E-state index contributed by atoms with van der Waals surface area (Å²) in [5.74, 6) is -1.57. The molecule has 22 heavy (non-hydrogen) atoms. The van der Waals surface area contributed by atoms with E-state index in [1.54, 1.807) is 36.4 Å². The Morgan fingerprint density at radius 1 is 1.05 bits per heavy atom. The Hall–Kier alpha value is -2.47. The highest BCUT2D eigenvalue weighted by molar-refractivity contribution is 9.10. The van der Waals surface area contributed by atoms with Gasteiger partial charge in [-0.3, -0.25) is 15.0 Å². The van der Waals surface area contributed by atoms with Crippen LogP contribution < -0.4 is 10.4 Å². The first-order valence-electron chi connectivity index (χ1n) is 6.43. The number of hydrogen-bond acceptors (Lipinski definition) is 2. The Morgan fingerprint density at radius 2 is 1.73 bits per heavy atom. The van der Waals surface area contributed by atoms with Crippen LogP contribution in [0.2, 0.25) is 0 Å². The Labute approximate surface area is 134 Å². The molecule has 0 aliphatic carbocycles. The van der Waals surface area contributed by atoms with Gasteiger partial charge in [-0.05, 0) is 36.4 Å². The fourth-order valence-corrected chi connectivity index (χ4v) is 2.34. The van der Waals surface area contributed by atoms with Crippen molar-refractivity contribution in [1.29, 1.82) is 0 Å². The molecule has 1 aliphatic heterocycles. The molecular formula is C16H10BrFN2O2. The largest absolute Gasteiger partial charge is 0.282 e. The average Bonchev–Trinajstić information content (AvgIpc) is 2.78. The average molecular weight is 361 g/mol. The van der Waals surface area contributed by atoms with Gasteiger partial charge in [-0.15, -0.1) is 0 Å². The van der Waals surface area contributed by atoms with Crippen molar-refractivity contribution in [2.75, 3.05) is 5.01 Å². The second kappa shape index (κ2) is 5.73. The smallest absolute Gasteiger partial charge is 0.267 e. The van der Waals surface area contributed by atoms with E-state index in [9.17, 15) is 14.0 Å². The molecule has 0 radical (unpaired) electrons. The molecule has 3 rings (SSSR count). The summed E-state index contributed by atoms with van der Waals surface area (Å²) in [6.45, 7) is 0. The van der Waals surface area contributed by atoms with Crippen LogP contribution in [-0.2, 0) is 9.59 Å². The van der Waals surface area contributed by atoms with Crippen LogP contribution in [0.25, 0.3) is 6.08 Å². The lowest BCUT2D eigenvalue weighted by atomic mass is 10.1. The van der Waals surface area contributed by atoms with E-state index < -0.39 is 17.6 Å². The molecule has 6 heteroatoms. The highest BCUT2D eigenvalue weighted by atomic mass is 79.9. The molecule has 0 bridgehead atoms. The Balaban J connectivity index is 1.95. The van der Waals surface area contributed by atoms with Gasteiger partial charge in [0.05, 0.1) is 5.69 Å². The molecular weight excluding hydrogens is 351 g/mol. The van der Waals surface area contributed by atoms with Crippen LogP contribution in [-0.4, -0.2) is 11.8 Å². The maximum atomic E-state index is 13.7. The van der Waals surface area contributed by atoms with Crippen LogP contribution >= 0.6 is 15.9 Å². The van der Waals surface area contributed by atoms with E-state index in [4.69, 9.17) is 0 Å². The molecule has 2 aromatic carbocycles. The number of rotatable bonds is 2. The van der Waals surface area contributed by atoms with Gasteiger partial charge in [0.1, 0.15) is 11.4 Å². The van der Waals surface area contributed by atoms with Crippen molar-refractivity contribution in [3.63, 3.8) is 0 Å². The third kappa shape index (κ3) is 2.65. The molecule has 0 saturated carbocycles. The molecule has 0 aromatic heterocycles. The van der Waals surface area contributed by atoms with Crippen molar-refractivity contribution in [3.05, 3.63) is 70.0 Å². The molecule has 4 nitrogen and oxygen atoms in total. The maximum absolute atomic E-state index is 13.7. The zero-order valence-electron chi connectivity index (χ0n) is 11.2. The minimum Gasteiger partial charge on any atom is -0.267 e. The Kier molecular flexibility index (Phi) is 3.77. The van der Waals surface area contributed by atoms with Gasteiger partial charge in [0, 0.05) is 10.0 Å². The summed E-state index contributed by atoms with van der Waals surface area (Å²) in [5.41, 5.74) is 3.08. The topological polar surface area (TPSA) is 49.4 Å². The third-order valence-corrected chi connectivity index (χ3v) is 3.71. The van der Waals surface area contributed by atoms with Crippen molar-refractivity contribution in [2.45, 2.75) is 0 Å². The van der Waals surface area contributed by atoms with Crippen molar-refractivity contribution in [2.24, 2.45) is 0 Å². The molecule has 0 spiro atoms. The first-order chi connectivity index (χ1) is 10.6. The summed E-state index contributed by atoms with van der Waals surface area (Å²) in [6.07, 6.45) is 1.26. The quantitative estimate of drug-likeness (QED) is 0.660. The first-order valence-corrected chi connectivity index (χ1v) is 7.23. The second-order valence-corrected chi connectivity index (χ2v) is 5.55. The standard InChI is InChI=1S/C16H10BrFN2O2/c17-11-5-7-12(8-6-11)20-16(22)13(15(21)19-20)9-10-3-1-2-4-14(10)18/h1-9H,(H,19,21)/b13-9+. The highest BCUT2D eigenvalue weighted by Crippen LogP contribution is 2.23. The predicted molar refractivity (Wildman–Crippen MR) is 84.1 cm³/mol. The third-order valence-electron chi connectivity index (χ3n) is 3.18. The lowest BCUT2D eigenvalue weighted by Crippen LogP contribution is -2.35. The van der Waals surface area contributed by atoms with E-state index in [0.717, 1.165) is 9.48 Å². The monoisotopic (exact) mass is 360 g/mol. The van der Waals surface area contributed by atoms with Gasteiger partial charge in [0.25, 0.3) is 11.8 Å². The molecule has 2 amide bonds. The fourth-order valence-electron chi connectivity index (χ4n) is 2.08. The lowest BCUT2D eigenvalue weighted by molar-refractivity contribution is -0.117. The van der Waals surface area contributed by atoms with Crippen LogP contribution in [0.4, 0.5) is 10.1 Å². The van der Waals surface area contributed by atoms with Crippen LogP contribution in [0.3, 0.4) is 0 Å². The summed E-state index contributed by atoms with van der Waals surface area (Å²) in [6, 6.07) is 12.9. The number of anilines is 1. The van der Waals surface area contributed by atoms with Gasteiger partial charge in [-0.1, -0.05) is 34.1 Å².